The monoisotopic (exact) mass is 424 g/mol. The van der Waals surface area contributed by atoms with E-state index >= 15 is 0 Å². The fourth-order valence-corrected chi connectivity index (χ4v) is 5.70. The molecule has 0 spiro atoms. The molecule has 0 fully saturated rings. The molecule has 2 heterocycles. The molecule has 0 aliphatic carbocycles. The van der Waals surface area contributed by atoms with Gasteiger partial charge in [-0.2, -0.15) is 5.26 Å². The number of rotatable bonds is 4. The number of aliphatic hydroxyl groups excluding tert-OH is 1. The lowest BCUT2D eigenvalue weighted by Crippen LogP contribution is -2.29. The molecule has 1 unspecified atom stereocenters. The molecule has 1 aliphatic heterocycles. The van der Waals surface area contributed by atoms with E-state index in [9.17, 15) is 23.6 Å². The number of hydrogen-bond donors (Lipinski definition) is 3. The Labute approximate surface area is 173 Å². The first-order valence-electron chi connectivity index (χ1n) is 9.39. The normalized spacial score (nSPS) is 14.4. The summed E-state index contributed by atoms with van der Waals surface area (Å²) in [5.74, 6) is 0. The first-order valence-corrected chi connectivity index (χ1v) is 10.8. The van der Waals surface area contributed by atoms with Crippen molar-refractivity contribution in [2.45, 2.75) is 31.4 Å². The predicted octanol–water partition coefficient (Wildman–Crippen LogP) is 2.21. The summed E-state index contributed by atoms with van der Waals surface area (Å²) in [6.07, 6.45) is 1.07. The number of H-pyrrole nitrogens is 1. The average Bonchev–Trinajstić information content (AvgIpc) is 3.15. The lowest BCUT2D eigenvalue weighted by Gasteiger charge is -2.22. The first-order chi connectivity index (χ1) is 14.2. The number of aromatic nitrogens is 1. The highest BCUT2D eigenvalue weighted by Gasteiger charge is 2.34. The van der Waals surface area contributed by atoms with Gasteiger partial charge in [0.25, 0.3) is 15.6 Å². The molecule has 0 amide bonds. The second-order valence-corrected chi connectivity index (χ2v) is 9.09. The number of aryl methyl sites for hydroxylation is 1. The molecule has 154 valence electrons. The molecule has 3 N–H and O–H groups in total. The molecule has 0 radical (unpaired) electrons. The van der Waals surface area contributed by atoms with Gasteiger partial charge in [0.1, 0.15) is 6.23 Å². The number of nitrogens with one attached hydrogen (secondary N) is 2. The number of nitrogens with zero attached hydrogens (tertiary/aromatic N) is 2. The molecule has 4 rings (SSSR count). The number of hydrogen-bond acceptors (Lipinski definition) is 6. The van der Waals surface area contributed by atoms with Gasteiger partial charge in [-0.05, 0) is 50.1 Å². The fraction of sp³-hybridized carbons (Fsp3) is 0.238. The maximum atomic E-state index is 13.7. The largest absolute Gasteiger partial charge is 0.374 e. The van der Waals surface area contributed by atoms with Gasteiger partial charge in [-0.15, -0.1) is 0 Å². The smallest absolute Gasteiger partial charge is 0.264 e. The van der Waals surface area contributed by atoms with E-state index in [4.69, 9.17) is 0 Å². The van der Waals surface area contributed by atoms with Gasteiger partial charge in [0.2, 0.25) is 0 Å². The number of aliphatic hydroxyl groups is 1. The lowest BCUT2D eigenvalue weighted by atomic mass is 10.1. The average molecular weight is 424 g/mol. The van der Waals surface area contributed by atoms with E-state index < -0.39 is 16.3 Å². The summed E-state index contributed by atoms with van der Waals surface area (Å²) in [7, 11) is -4.01. The van der Waals surface area contributed by atoms with Crippen molar-refractivity contribution >= 4 is 32.2 Å². The molecule has 30 heavy (non-hydrogen) atoms. The second-order valence-electron chi connectivity index (χ2n) is 7.26. The summed E-state index contributed by atoms with van der Waals surface area (Å²) in [5, 5.41) is 22.7. The van der Waals surface area contributed by atoms with Crippen LogP contribution in [0.5, 0.6) is 0 Å². The zero-order valence-electron chi connectivity index (χ0n) is 16.4. The summed E-state index contributed by atoms with van der Waals surface area (Å²) in [4.78, 5) is 14.9. The van der Waals surface area contributed by atoms with Crippen molar-refractivity contribution in [1.29, 1.82) is 5.26 Å². The molecule has 0 saturated heterocycles. The van der Waals surface area contributed by atoms with Crippen LogP contribution < -0.4 is 15.2 Å². The minimum atomic E-state index is -4.01. The number of nitriles is 1. The van der Waals surface area contributed by atoms with E-state index in [1.807, 2.05) is 6.07 Å². The molecular formula is C21H20N4O4S. The van der Waals surface area contributed by atoms with Crippen LogP contribution in [0.4, 0.5) is 11.4 Å². The van der Waals surface area contributed by atoms with E-state index in [0.717, 1.165) is 0 Å². The number of fused-ring (bicyclic) bond motifs is 2. The van der Waals surface area contributed by atoms with Crippen molar-refractivity contribution in [2.24, 2.45) is 0 Å². The molecule has 0 bridgehead atoms. The third-order valence-electron chi connectivity index (χ3n) is 5.21. The Hall–Kier alpha value is -3.35. The standard InChI is InChI=1S/C21H20N4O4S/c1-12-11-23-21(27)16-4-3-5-19(20(12)16)30(28,29)25-7-6-15-17(24-13(2)26)8-14(10-22)9-18(15)25/h3-5,8-9,11,13,24,26H,6-7H2,1-2H3,(H,23,27). The molecule has 1 aliphatic rings. The molecule has 8 nitrogen and oxygen atoms in total. The van der Waals surface area contributed by atoms with Crippen molar-refractivity contribution in [3.8, 4) is 6.07 Å². The Morgan fingerprint density at radius 3 is 2.80 bits per heavy atom. The molecular weight excluding hydrogens is 404 g/mol. The summed E-state index contributed by atoms with van der Waals surface area (Å²) < 4.78 is 28.6. The van der Waals surface area contributed by atoms with Gasteiger partial charge >= 0.3 is 0 Å². The van der Waals surface area contributed by atoms with Crippen LogP contribution in [0.25, 0.3) is 10.8 Å². The second kappa shape index (κ2) is 7.16. The number of pyridine rings is 1. The molecule has 2 aromatic carbocycles. The van der Waals surface area contributed by atoms with E-state index in [2.05, 4.69) is 10.3 Å². The highest BCUT2D eigenvalue weighted by molar-refractivity contribution is 7.93. The van der Waals surface area contributed by atoms with Crippen LogP contribution in [0, 0.1) is 18.3 Å². The van der Waals surface area contributed by atoms with Crippen molar-refractivity contribution in [1.82, 2.24) is 4.98 Å². The Balaban J connectivity index is 1.93. The minimum Gasteiger partial charge on any atom is -0.374 e. The molecule has 9 heteroatoms. The van der Waals surface area contributed by atoms with Gasteiger partial charge < -0.3 is 15.4 Å². The number of aromatic amines is 1. The number of anilines is 2. The van der Waals surface area contributed by atoms with Gasteiger partial charge in [-0.3, -0.25) is 9.10 Å². The molecule has 1 aromatic heterocycles. The van der Waals surface area contributed by atoms with Crippen LogP contribution >= 0.6 is 0 Å². The Bertz CT molecular complexity index is 1370. The van der Waals surface area contributed by atoms with Crippen LogP contribution in [0.1, 0.15) is 23.6 Å². The van der Waals surface area contributed by atoms with Crippen LogP contribution in [0.3, 0.4) is 0 Å². The highest BCUT2D eigenvalue weighted by Crippen LogP contribution is 2.39. The molecule has 0 saturated carbocycles. The number of benzene rings is 2. The third-order valence-corrected chi connectivity index (χ3v) is 7.06. The maximum absolute atomic E-state index is 13.7. The summed E-state index contributed by atoms with van der Waals surface area (Å²) >= 11 is 0. The van der Waals surface area contributed by atoms with E-state index in [-0.39, 0.29) is 22.6 Å². The summed E-state index contributed by atoms with van der Waals surface area (Å²) in [6.45, 7) is 3.48. The van der Waals surface area contributed by atoms with Crippen LogP contribution in [0.15, 0.2) is 46.2 Å². The van der Waals surface area contributed by atoms with Gasteiger partial charge in [-0.25, -0.2) is 8.42 Å². The third kappa shape index (κ3) is 3.10. The van der Waals surface area contributed by atoms with Crippen LogP contribution in [-0.2, 0) is 16.4 Å². The van der Waals surface area contributed by atoms with Crippen molar-refractivity contribution in [2.75, 3.05) is 16.2 Å². The topological polar surface area (TPSA) is 126 Å². The number of sulfonamides is 1. The van der Waals surface area contributed by atoms with Crippen LogP contribution in [0.2, 0.25) is 0 Å². The van der Waals surface area contributed by atoms with E-state index in [1.165, 1.54) is 22.6 Å². The van der Waals surface area contributed by atoms with Gasteiger partial charge in [0.15, 0.2) is 0 Å². The van der Waals surface area contributed by atoms with Crippen molar-refractivity contribution in [3.63, 3.8) is 0 Å². The Morgan fingerprint density at radius 2 is 2.10 bits per heavy atom. The van der Waals surface area contributed by atoms with E-state index in [1.54, 1.807) is 32.0 Å². The van der Waals surface area contributed by atoms with Crippen molar-refractivity contribution in [3.05, 3.63) is 63.6 Å². The Morgan fingerprint density at radius 1 is 1.33 bits per heavy atom. The highest BCUT2D eigenvalue weighted by atomic mass is 32.2. The molecule has 3 aromatic rings. The summed E-state index contributed by atoms with van der Waals surface area (Å²) in [6, 6.07) is 9.81. The maximum Gasteiger partial charge on any atom is 0.264 e. The lowest BCUT2D eigenvalue weighted by molar-refractivity contribution is 0.224. The fourth-order valence-electron chi connectivity index (χ4n) is 3.93. The predicted molar refractivity (Wildman–Crippen MR) is 114 cm³/mol. The quantitative estimate of drug-likeness (QED) is 0.551. The van der Waals surface area contributed by atoms with Crippen molar-refractivity contribution < 1.29 is 13.5 Å². The van der Waals surface area contributed by atoms with E-state index in [0.29, 0.717) is 39.7 Å². The minimum absolute atomic E-state index is 0.0452. The zero-order valence-corrected chi connectivity index (χ0v) is 17.2. The SMILES string of the molecule is Cc1c[nH]c(=O)c2cccc(S(=O)(=O)N3CCc4c(NC(C)O)cc(C#N)cc43)c12. The zero-order chi connectivity index (χ0) is 21.6. The Kier molecular flexibility index (Phi) is 4.76. The van der Waals surface area contributed by atoms with Crippen LogP contribution in [-0.4, -0.2) is 31.3 Å². The summed E-state index contributed by atoms with van der Waals surface area (Å²) in [5.41, 5.74) is 2.21. The first kappa shape index (κ1) is 19.9. The van der Waals surface area contributed by atoms with Gasteiger partial charge in [0.05, 0.1) is 22.2 Å². The van der Waals surface area contributed by atoms with Gasteiger partial charge in [0, 0.05) is 34.8 Å². The molecule has 1 atom stereocenters. The van der Waals surface area contributed by atoms with Gasteiger partial charge in [-0.1, -0.05) is 6.07 Å².